The number of aromatic amines is 1. The van der Waals surface area contributed by atoms with E-state index < -0.39 is 0 Å². The summed E-state index contributed by atoms with van der Waals surface area (Å²) in [6.07, 6.45) is 6.23. The van der Waals surface area contributed by atoms with Crippen molar-refractivity contribution in [3.8, 4) is 0 Å². The predicted octanol–water partition coefficient (Wildman–Crippen LogP) is 6.82. The van der Waals surface area contributed by atoms with Crippen LogP contribution in [0.5, 0.6) is 0 Å². The Morgan fingerprint density at radius 2 is 1.89 bits per heavy atom. The van der Waals surface area contributed by atoms with Crippen LogP contribution < -0.4 is 5.32 Å². The predicted molar refractivity (Wildman–Crippen MR) is 119 cm³/mol. The quantitative estimate of drug-likeness (QED) is 0.547. The zero-order chi connectivity index (χ0) is 20.4. The molecule has 28 heavy (non-hydrogen) atoms. The SMILES string of the molecule is C=C(C)/C=C(\C(C)=C/C)c1[nH]c2cc(F)c(C3CCNCC3)cc2c1C(C)C. The number of aromatic nitrogens is 1. The molecule has 1 aromatic carbocycles. The minimum absolute atomic E-state index is 0.0873. The van der Waals surface area contributed by atoms with E-state index in [1.165, 1.54) is 11.1 Å². The third kappa shape index (κ3) is 4.00. The molecular weight excluding hydrogens is 347 g/mol. The molecule has 1 saturated heterocycles. The Labute approximate surface area is 168 Å². The molecule has 0 spiro atoms. The van der Waals surface area contributed by atoms with Crippen LogP contribution in [0, 0.1) is 5.82 Å². The van der Waals surface area contributed by atoms with E-state index in [0.717, 1.165) is 59.2 Å². The van der Waals surface area contributed by atoms with Gasteiger partial charge in [-0.3, -0.25) is 0 Å². The van der Waals surface area contributed by atoms with Crippen molar-refractivity contribution in [3.63, 3.8) is 0 Å². The number of nitrogens with one attached hydrogen (secondary N) is 2. The smallest absolute Gasteiger partial charge is 0.128 e. The second kappa shape index (κ2) is 8.48. The second-order valence-electron chi connectivity index (χ2n) is 8.39. The summed E-state index contributed by atoms with van der Waals surface area (Å²) in [5, 5.41) is 4.53. The molecule has 1 aliphatic heterocycles. The fourth-order valence-corrected chi connectivity index (χ4v) is 4.30. The Hall–Kier alpha value is -2.13. The maximum Gasteiger partial charge on any atom is 0.128 e. The molecule has 0 aliphatic carbocycles. The van der Waals surface area contributed by atoms with Crippen molar-refractivity contribution in [3.05, 3.63) is 64.6 Å². The highest BCUT2D eigenvalue weighted by Gasteiger charge is 2.23. The molecule has 1 aromatic heterocycles. The fraction of sp³-hybridized carbons (Fsp3) is 0.440. The van der Waals surface area contributed by atoms with E-state index >= 15 is 4.39 Å². The molecule has 2 nitrogen and oxygen atoms in total. The average molecular weight is 381 g/mol. The Balaban J connectivity index is 2.24. The van der Waals surface area contributed by atoms with Gasteiger partial charge in [-0.15, -0.1) is 0 Å². The van der Waals surface area contributed by atoms with Gasteiger partial charge in [0.25, 0.3) is 0 Å². The first-order valence-electron chi connectivity index (χ1n) is 10.4. The molecule has 3 heteroatoms. The molecule has 0 atom stereocenters. The summed E-state index contributed by atoms with van der Waals surface area (Å²) < 4.78 is 15.0. The van der Waals surface area contributed by atoms with E-state index in [0.29, 0.717) is 11.8 Å². The average Bonchev–Trinajstić information content (AvgIpc) is 3.03. The maximum atomic E-state index is 15.0. The highest BCUT2D eigenvalue weighted by molar-refractivity contribution is 5.93. The normalized spacial score (nSPS) is 17.0. The fourth-order valence-electron chi connectivity index (χ4n) is 4.30. The topological polar surface area (TPSA) is 27.8 Å². The summed E-state index contributed by atoms with van der Waals surface area (Å²) in [6, 6.07) is 3.81. The van der Waals surface area contributed by atoms with E-state index in [2.05, 4.69) is 55.9 Å². The molecule has 1 aliphatic rings. The molecular formula is C25H33FN2. The molecule has 0 radical (unpaired) electrons. The van der Waals surface area contributed by atoms with E-state index in [9.17, 15) is 0 Å². The number of allylic oxidation sites excluding steroid dienone is 5. The summed E-state index contributed by atoms with van der Waals surface area (Å²) >= 11 is 0. The van der Waals surface area contributed by atoms with Gasteiger partial charge < -0.3 is 10.3 Å². The van der Waals surface area contributed by atoms with Crippen molar-refractivity contribution in [1.29, 1.82) is 0 Å². The Bertz CT molecular complexity index is 937. The number of H-pyrrole nitrogens is 1. The molecule has 0 unspecified atom stereocenters. The van der Waals surface area contributed by atoms with Gasteiger partial charge >= 0.3 is 0 Å². The van der Waals surface area contributed by atoms with Crippen molar-refractivity contribution in [2.45, 2.75) is 59.3 Å². The van der Waals surface area contributed by atoms with Crippen LogP contribution >= 0.6 is 0 Å². The zero-order valence-electron chi connectivity index (χ0n) is 17.9. The summed E-state index contributed by atoms with van der Waals surface area (Å²) in [7, 11) is 0. The van der Waals surface area contributed by atoms with Crippen molar-refractivity contribution in [2.75, 3.05) is 13.1 Å². The van der Waals surface area contributed by atoms with E-state index in [1.807, 2.05) is 13.8 Å². The maximum absolute atomic E-state index is 15.0. The molecule has 150 valence electrons. The largest absolute Gasteiger partial charge is 0.354 e. The second-order valence-corrected chi connectivity index (χ2v) is 8.39. The van der Waals surface area contributed by atoms with Gasteiger partial charge in [0.1, 0.15) is 5.82 Å². The lowest BCUT2D eigenvalue weighted by Gasteiger charge is -2.23. The first-order valence-corrected chi connectivity index (χ1v) is 10.4. The minimum Gasteiger partial charge on any atom is -0.354 e. The van der Waals surface area contributed by atoms with Gasteiger partial charge in [-0.2, -0.15) is 0 Å². The lowest BCUT2D eigenvalue weighted by atomic mass is 9.87. The standard InChI is InChI=1S/C25H33FN2/c1-7-17(6)19(12-15(2)3)25-24(16(4)5)21-13-20(18-8-10-27-11-9-18)22(26)14-23(21)28-25/h7,12-14,16,18,27-28H,2,8-11H2,1,3-6H3/b17-7-,19-12+. The van der Waals surface area contributed by atoms with Gasteiger partial charge in [-0.1, -0.05) is 38.2 Å². The third-order valence-electron chi connectivity index (χ3n) is 5.83. The van der Waals surface area contributed by atoms with Gasteiger partial charge in [0.15, 0.2) is 0 Å². The van der Waals surface area contributed by atoms with Crippen LogP contribution in [0.1, 0.15) is 76.1 Å². The van der Waals surface area contributed by atoms with Gasteiger partial charge in [-0.05, 0) is 87.4 Å². The third-order valence-corrected chi connectivity index (χ3v) is 5.83. The van der Waals surface area contributed by atoms with Crippen LogP contribution in [0.15, 0.2) is 42.0 Å². The van der Waals surface area contributed by atoms with Gasteiger partial charge in [0.05, 0.1) is 5.69 Å². The van der Waals surface area contributed by atoms with Crippen molar-refractivity contribution >= 4 is 16.5 Å². The van der Waals surface area contributed by atoms with Crippen LogP contribution in [-0.2, 0) is 0 Å². The van der Waals surface area contributed by atoms with Crippen LogP contribution in [0.25, 0.3) is 16.5 Å². The molecule has 2 aromatic rings. The van der Waals surface area contributed by atoms with Crippen molar-refractivity contribution in [2.24, 2.45) is 0 Å². The highest BCUT2D eigenvalue weighted by Crippen LogP contribution is 2.39. The minimum atomic E-state index is -0.0873. The first kappa shape index (κ1) is 20.6. The van der Waals surface area contributed by atoms with Gasteiger partial charge in [0.2, 0.25) is 0 Å². The molecule has 2 N–H and O–H groups in total. The van der Waals surface area contributed by atoms with Crippen LogP contribution in [0.2, 0.25) is 0 Å². The summed E-state index contributed by atoms with van der Waals surface area (Å²) in [5.74, 6) is 0.538. The van der Waals surface area contributed by atoms with Gasteiger partial charge in [0, 0.05) is 16.5 Å². The molecule has 0 amide bonds. The van der Waals surface area contributed by atoms with Crippen LogP contribution in [0.4, 0.5) is 4.39 Å². The monoisotopic (exact) mass is 380 g/mol. The van der Waals surface area contributed by atoms with Crippen LogP contribution in [0.3, 0.4) is 0 Å². The number of rotatable bonds is 5. The molecule has 0 bridgehead atoms. The summed E-state index contributed by atoms with van der Waals surface area (Å²) in [6.45, 7) is 16.6. The summed E-state index contributed by atoms with van der Waals surface area (Å²) in [5.41, 5.74) is 7.43. The molecule has 2 heterocycles. The molecule has 0 saturated carbocycles. The number of hydrogen-bond donors (Lipinski definition) is 2. The van der Waals surface area contributed by atoms with E-state index in [4.69, 9.17) is 0 Å². The lowest BCUT2D eigenvalue weighted by Crippen LogP contribution is -2.27. The highest BCUT2D eigenvalue weighted by atomic mass is 19.1. The van der Waals surface area contributed by atoms with Crippen molar-refractivity contribution in [1.82, 2.24) is 10.3 Å². The molecule has 1 fully saturated rings. The van der Waals surface area contributed by atoms with Gasteiger partial charge in [-0.25, -0.2) is 4.39 Å². The van der Waals surface area contributed by atoms with E-state index in [1.54, 1.807) is 6.07 Å². The lowest BCUT2D eigenvalue weighted by molar-refractivity contribution is 0.445. The summed E-state index contributed by atoms with van der Waals surface area (Å²) in [4.78, 5) is 3.53. The Morgan fingerprint density at radius 3 is 2.46 bits per heavy atom. The molecule has 3 rings (SSSR count). The first-order chi connectivity index (χ1) is 13.3. The number of benzene rings is 1. The Kier molecular flexibility index (Phi) is 6.24. The zero-order valence-corrected chi connectivity index (χ0v) is 17.9. The van der Waals surface area contributed by atoms with E-state index in [-0.39, 0.29) is 5.82 Å². The number of hydrogen-bond acceptors (Lipinski definition) is 1. The number of halogens is 1. The number of fused-ring (bicyclic) bond motifs is 1. The number of piperidine rings is 1. The van der Waals surface area contributed by atoms with Crippen LogP contribution in [-0.4, -0.2) is 18.1 Å². The van der Waals surface area contributed by atoms with Crippen molar-refractivity contribution < 1.29 is 4.39 Å². The Morgan fingerprint density at radius 1 is 1.21 bits per heavy atom.